The minimum Gasteiger partial charge on any atom is -0.481 e. The summed E-state index contributed by atoms with van der Waals surface area (Å²) in [6, 6.07) is 3.62. The number of pyridine rings is 2. The lowest BCUT2D eigenvalue weighted by atomic mass is 9.82. The number of nitrogens with zero attached hydrogens (tertiary/aromatic N) is 3. The molecule has 31 heavy (non-hydrogen) atoms. The summed E-state index contributed by atoms with van der Waals surface area (Å²) in [5, 5.41) is 9.53. The first kappa shape index (κ1) is 23.2. The molecule has 0 spiro atoms. The number of aryl methyl sites for hydroxylation is 1. The van der Waals surface area contributed by atoms with Gasteiger partial charge in [-0.05, 0) is 43.6 Å². The van der Waals surface area contributed by atoms with E-state index in [4.69, 9.17) is 0 Å². The molecule has 6 heteroatoms. The largest absolute Gasteiger partial charge is 0.481 e. The van der Waals surface area contributed by atoms with Gasteiger partial charge in [0.05, 0.1) is 17.8 Å². The average Bonchev–Trinajstić information content (AvgIpc) is 2.69. The molecule has 2 aromatic heterocycles. The van der Waals surface area contributed by atoms with Gasteiger partial charge in [0, 0.05) is 47.9 Å². The third-order valence-corrected chi connectivity index (χ3v) is 6.22. The third kappa shape index (κ3) is 5.60. The first-order valence-electron chi connectivity index (χ1n) is 11.1. The summed E-state index contributed by atoms with van der Waals surface area (Å²) >= 11 is 0. The summed E-state index contributed by atoms with van der Waals surface area (Å²) in [5.74, 6) is -0.616. The predicted octanol–water partition coefficient (Wildman–Crippen LogP) is 5.76. The number of alkyl halides is 1. The number of hydrogen-bond acceptors (Lipinski definition) is 4. The highest BCUT2D eigenvalue weighted by molar-refractivity contribution is 5.84. The van der Waals surface area contributed by atoms with Gasteiger partial charge in [0.1, 0.15) is 6.17 Å². The number of carbonyl (C=O) groups is 1. The Morgan fingerprint density at radius 1 is 1.19 bits per heavy atom. The van der Waals surface area contributed by atoms with E-state index in [0.717, 1.165) is 54.0 Å². The highest BCUT2D eigenvalue weighted by atomic mass is 19.1. The van der Waals surface area contributed by atoms with Crippen LogP contribution in [-0.4, -0.2) is 34.1 Å². The van der Waals surface area contributed by atoms with Crippen LogP contribution < -0.4 is 4.90 Å². The van der Waals surface area contributed by atoms with Crippen molar-refractivity contribution in [3.05, 3.63) is 41.5 Å². The Bertz CT molecular complexity index is 915. The van der Waals surface area contributed by atoms with Crippen molar-refractivity contribution in [1.29, 1.82) is 0 Å². The van der Waals surface area contributed by atoms with Crippen LogP contribution in [0.4, 0.5) is 10.1 Å². The van der Waals surface area contributed by atoms with E-state index in [9.17, 15) is 14.3 Å². The van der Waals surface area contributed by atoms with Crippen LogP contribution >= 0.6 is 0 Å². The van der Waals surface area contributed by atoms with Gasteiger partial charge >= 0.3 is 5.97 Å². The quantitative estimate of drug-likeness (QED) is 0.608. The molecule has 0 saturated carbocycles. The number of carboxylic acid groups (broad SMARTS) is 1. The van der Waals surface area contributed by atoms with Crippen molar-refractivity contribution in [1.82, 2.24) is 9.97 Å². The third-order valence-electron chi connectivity index (χ3n) is 6.22. The van der Waals surface area contributed by atoms with E-state index < -0.39 is 12.1 Å². The summed E-state index contributed by atoms with van der Waals surface area (Å²) in [6.45, 7) is 12.1. The van der Waals surface area contributed by atoms with Gasteiger partial charge in [-0.15, -0.1) is 0 Å². The number of hydrogen-bond donors (Lipinski definition) is 1. The summed E-state index contributed by atoms with van der Waals surface area (Å²) in [6.07, 6.45) is 4.84. The lowest BCUT2D eigenvalue weighted by Crippen LogP contribution is -2.38. The molecule has 1 aliphatic heterocycles. The molecule has 1 fully saturated rings. The van der Waals surface area contributed by atoms with E-state index in [1.54, 1.807) is 18.5 Å². The molecule has 0 amide bonds. The van der Waals surface area contributed by atoms with E-state index in [2.05, 4.69) is 28.7 Å². The Morgan fingerprint density at radius 2 is 1.87 bits per heavy atom. The lowest BCUT2D eigenvalue weighted by molar-refractivity contribution is -0.136. The van der Waals surface area contributed by atoms with Crippen molar-refractivity contribution in [3.8, 4) is 11.1 Å². The van der Waals surface area contributed by atoms with Gasteiger partial charge in [-0.3, -0.25) is 14.8 Å². The SMILES string of the molecule is Cc1ncc(-c2ccc(C(F)CC(C)C)nc2)c(N2CCC(C)(C)CC2)c1CC(=O)O. The number of carboxylic acids is 1. The second kappa shape index (κ2) is 9.33. The second-order valence-electron chi connectivity index (χ2n) is 9.88. The molecule has 2 aromatic rings. The van der Waals surface area contributed by atoms with Gasteiger partial charge in [0.15, 0.2) is 0 Å². The van der Waals surface area contributed by atoms with E-state index in [1.807, 2.05) is 26.8 Å². The first-order chi connectivity index (χ1) is 14.6. The molecule has 1 N–H and O–H groups in total. The number of rotatable bonds is 7. The maximum absolute atomic E-state index is 14.5. The molecule has 168 valence electrons. The predicted molar refractivity (Wildman–Crippen MR) is 122 cm³/mol. The van der Waals surface area contributed by atoms with Crippen molar-refractivity contribution >= 4 is 11.7 Å². The minimum atomic E-state index is -1.09. The monoisotopic (exact) mass is 427 g/mol. The fourth-order valence-corrected chi connectivity index (χ4v) is 4.19. The molecule has 0 radical (unpaired) electrons. The molecule has 1 atom stereocenters. The zero-order chi connectivity index (χ0) is 22.8. The number of halogens is 1. The van der Waals surface area contributed by atoms with Crippen molar-refractivity contribution < 1.29 is 14.3 Å². The van der Waals surface area contributed by atoms with Gasteiger partial charge in [-0.25, -0.2) is 4.39 Å². The van der Waals surface area contributed by atoms with E-state index in [-0.39, 0.29) is 17.8 Å². The zero-order valence-corrected chi connectivity index (χ0v) is 19.3. The highest BCUT2D eigenvalue weighted by Crippen LogP contribution is 2.40. The van der Waals surface area contributed by atoms with E-state index >= 15 is 0 Å². The zero-order valence-electron chi connectivity index (χ0n) is 19.3. The molecule has 3 heterocycles. The smallest absolute Gasteiger partial charge is 0.307 e. The fraction of sp³-hybridized carbons (Fsp3) is 0.560. The van der Waals surface area contributed by atoms with Crippen molar-refractivity contribution in [3.63, 3.8) is 0 Å². The topological polar surface area (TPSA) is 66.3 Å². The lowest BCUT2D eigenvalue weighted by Gasteiger charge is -2.40. The van der Waals surface area contributed by atoms with Crippen LogP contribution in [0.1, 0.15) is 70.1 Å². The van der Waals surface area contributed by atoms with Crippen molar-refractivity contribution in [2.75, 3.05) is 18.0 Å². The second-order valence-corrected chi connectivity index (χ2v) is 9.88. The van der Waals surface area contributed by atoms with E-state index in [1.165, 1.54) is 0 Å². The van der Waals surface area contributed by atoms with Gasteiger partial charge in [-0.2, -0.15) is 0 Å². The molecule has 0 aromatic carbocycles. The van der Waals surface area contributed by atoms with Crippen LogP contribution in [0.25, 0.3) is 11.1 Å². The molecular weight excluding hydrogens is 393 g/mol. The molecule has 1 saturated heterocycles. The molecule has 1 aliphatic rings. The fourth-order valence-electron chi connectivity index (χ4n) is 4.19. The maximum Gasteiger partial charge on any atom is 0.307 e. The van der Waals surface area contributed by atoms with Crippen molar-refractivity contribution in [2.24, 2.45) is 11.3 Å². The Balaban J connectivity index is 2.02. The maximum atomic E-state index is 14.5. The molecular formula is C25H34FN3O2. The Morgan fingerprint density at radius 3 is 2.42 bits per heavy atom. The van der Waals surface area contributed by atoms with Gasteiger partial charge in [0.25, 0.3) is 0 Å². The number of aliphatic carboxylic acids is 1. The molecule has 3 rings (SSSR count). The number of piperidine rings is 1. The highest BCUT2D eigenvalue weighted by Gasteiger charge is 2.29. The van der Waals surface area contributed by atoms with Gasteiger partial charge < -0.3 is 10.0 Å². The standard InChI is InChI=1S/C25H34FN3O2/c1-16(2)12-21(26)22-7-6-18(14-28-22)20-15-27-17(3)19(13-23(30)31)24(20)29-10-8-25(4,5)9-11-29/h6-7,14-16,21H,8-13H2,1-5H3,(H,30,31). The normalized spacial score (nSPS) is 17.1. The number of anilines is 1. The van der Waals surface area contributed by atoms with Crippen LogP contribution in [0.15, 0.2) is 24.5 Å². The summed E-state index contributed by atoms with van der Waals surface area (Å²) in [4.78, 5) is 22.8. The molecule has 5 nitrogen and oxygen atoms in total. The average molecular weight is 428 g/mol. The van der Waals surface area contributed by atoms with Crippen LogP contribution in [0.2, 0.25) is 0 Å². The van der Waals surface area contributed by atoms with Crippen LogP contribution in [0.3, 0.4) is 0 Å². The number of aromatic nitrogens is 2. The summed E-state index contributed by atoms with van der Waals surface area (Å²) in [7, 11) is 0. The molecule has 0 bridgehead atoms. The molecule has 0 aliphatic carbocycles. The first-order valence-corrected chi connectivity index (χ1v) is 11.1. The van der Waals surface area contributed by atoms with Gasteiger partial charge in [-0.1, -0.05) is 33.8 Å². The van der Waals surface area contributed by atoms with Crippen LogP contribution in [-0.2, 0) is 11.2 Å². The summed E-state index contributed by atoms with van der Waals surface area (Å²) in [5.41, 5.74) is 4.82. The Labute approximate surface area is 184 Å². The van der Waals surface area contributed by atoms with E-state index in [0.29, 0.717) is 12.1 Å². The Kier molecular flexibility index (Phi) is 6.97. The molecule has 1 unspecified atom stereocenters. The Hall–Kier alpha value is -2.50. The van der Waals surface area contributed by atoms with Crippen LogP contribution in [0.5, 0.6) is 0 Å². The minimum absolute atomic E-state index is 0.0750. The van der Waals surface area contributed by atoms with Crippen molar-refractivity contribution in [2.45, 2.75) is 66.5 Å². The van der Waals surface area contributed by atoms with Gasteiger partial charge in [0.2, 0.25) is 0 Å². The van der Waals surface area contributed by atoms with Crippen LogP contribution in [0, 0.1) is 18.3 Å². The summed E-state index contributed by atoms with van der Waals surface area (Å²) < 4.78 is 14.5.